The molecule has 2 aliphatic rings. The molecule has 2 N–H and O–H groups in total. The summed E-state index contributed by atoms with van der Waals surface area (Å²) >= 11 is 0. The SMILES string of the molecule is CN=C(NCCc1c[nH]c2cccc(C)c12)N1CCOC(C2CCCO2)C1.I. The smallest absolute Gasteiger partial charge is 0.193 e. The molecule has 1 aromatic carbocycles. The number of hydrogen-bond acceptors (Lipinski definition) is 3. The van der Waals surface area contributed by atoms with Crippen LogP contribution in [0.4, 0.5) is 0 Å². The molecule has 7 heteroatoms. The lowest BCUT2D eigenvalue weighted by molar-refractivity contribution is -0.0816. The van der Waals surface area contributed by atoms with Crippen LogP contribution in [0.1, 0.15) is 24.0 Å². The van der Waals surface area contributed by atoms with Gasteiger partial charge < -0.3 is 24.7 Å². The number of halogens is 1. The highest BCUT2D eigenvalue weighted by Gasteiger charge is 2.32. The van der Waals surface area contributed by atoms with Gasteiger partial charge in [0.05, 0.1) is 12.7 Å². The van der Waals surface area contributed by atoms with E-state index in [9.17, 15) is 0 Å². The van der Waals surface area contributed by atoms with E-state index in [4.69, 9.17) is 9.47 Å². The van der Waals surface area contributed by atoms with Crippen LogP contribution in [-0.2, 0) is 15.9 Å². The Morgan fingerprint density at radius 1 is 1.29 bits per heavy atom. The van der Waals surface area contributed by atoms with Crippen molar-refractivity contribution in [1.29, 1.82) is 0 Å². The quantitative estimate of drug-likeness (QED) is 0.387. The van der Waals surface area contributed by atoms with E-state index in [-0.39, 0.29) is 36.2 Å². The van der Waals surface area contributed by atoms with Crippen molar-refractivity contribution < 1.29 is 9.47 Å². The fraction of sp³-hybridized carbons (Fsp3) is 0.571. The fourth-order valence-corrected chi connectivity index (χ4v) is 4.28. The number of hydrogen-bond donors (Lipinski definition) is 2. The number of nitrogens with one attached hydrogen (secondary N) is 2. The maximum atomic E-state index is 5.96. The second-order valence-corrected chi connectivity index (χ2v) is 7.44. The van der Waals surface area contributed by atoms with Crippen LogP contribution < -0.4 is 5.32 Å². The third-order valence-electron chi connectivity index (χ3n) is 5.66. The summed E-state index contributed by atoms with van der Waals surface area (Å²) in [4.78, 5) is 10.2. The molecule has 6 nitrogen and oxygen atoms in total. The van der Waals surface area contributed by atoms with Crippen LogP contribution in [0.5, 0.6) is 0 Å². The number of morpholine rings is 1. The van der Waals surface area contributed by atoms with Gasteiger partial charge in [-0.2, -0.15) is 0 Å². The third kappa shape index (κ3) is 4.63. The van der Waals surface area contributed by atoms with E-state index in [1.807, 2.05) is 7.05 Å². The van der Waals surface area contributed by atoms with Gasteiger partial charge in [0, 0.05) is 50.4 Å². The molecule has 2 atom stereocenters. The number of aromatic amines is 1. The van der Waals surface area contributed by atoms with E-state index < -0.39 is 0 Å². The summed E-state index contributed by atoms with van der Waals surface area (Å²) < 4.78 is 11.8. The lowest BCUT2D eigenvalue weighted by atomic mass is 10.1. The van der Waals surface area contributed by atoms with Crippen molar-refractivity contribution in [3.05, 3.63) is 35.5 Å². The number of aliphatic imine (C=N–C) groups is 1. The van der Waals surface area contributed by atoms with Crippen molar-refractivity contribution in [2.45, 2.75) is 38.4 Å². The predicted molar refractivity (Wildman–Crippen MR) is 124 cm³/mol. The standard InChI is InChI=1S/C21H30N4O2.HI/c1-15-5-3-6-17-20(15)16(13-24-17)8-9-23-21(22-2)25-10-12-27-19(14-25)18-7-4-11-26-18;/h3,5-6,13,18-19,24H,4,7-12,14H2,1-2H3,(H,22,23);1H. The van der Waals surface area contributed by atoms with E-state index in [1.54, 1.807) is 0 Å². The average Bonchev–Trinajstić information content (AvgIpc) is 3.36. The molecule has 0 amide bonds. The third-order valence-corrected chi connectivity index (χ3v) is 5.66. The van der Waals surface area contributed by atoms with Gasteiger partial charge in [0.2, 0.25) is 0 Å². The Morgan fingerprint density at radius 2 is 2.14 bits per heavy atom. The molecule has 1 aromatic heterocycles. The second kappa shape index (κ2) is 9.93. The summed E-state index contributed by atoms with van der Waals surface area (Å²) in [5, 5.41) is 4.88. The number of guanidine groups is 1. The van der Waals surface area contributed by atoms with Gasteiger partial charge in [-0.3, -0.25) is 4.99 Å². The molecule has 0 aliphatic carbocycles. The summed E-state index contributed by atoms with van der Waals surface area (Å²) in [6.45, 7) is 6.33. The van der Waals surface area contributed by atoms with E-state index in [0.29, 0.717) is 0 Å². The molecule has 0 bridgehead atoms. The molecule has 2 aromatic rings. The normalized spacial score (nSPS) is 23.1. The Labute approximate surface area is 184 Å². The second-order valence-electron chi connectivity index (χ2n) is 7.44. The van der Waals surface area contributed by atoms with Crippen LogP contribution in [0.15, 0.2) is 29.4 Å². The Hall–Kier alpha value is -1.32. The maximum Gasteiger partial charge on any atom is 0.193 e. The van der Waals surface area contributed by atoms with E-state index in [0.717, 1.165) is 58.1 Å². The average molecular weight is 498 g/mol. The van der Waals surface area contributed by atoms with Crippen molar-refractivity contribution in [2.75, 3.05) is 39.9 Å². The summed E-state index contributed by atoms with van der Waals surface area (Å²) in [6.07, 6.45) is 5.72. The topological polar surface area (TPSA) is 61.9 Å². The number of aryl methyl sites for hydroxylation is 1. The first-order valence-electron chi connectivity index (χ1n) is 10.0. The van der Waals surface area contributed by atoms with Crippen LogP contribution >= 0.6 is 24.0 Å². The van der Waals surface area contributed by atoms with Crippen LogP contribution in [0.25, 0.3) is 10.9 Å². The van der Waals surface area contributed by atoms with Gasteiger partial charge in [-0.1, -0.05) is 12.1 Å². The first-order chi connectivity index (χ1) is 13.3. The first kappa shape index (κ1) is 21.4. The number of ether oxygens (including phenoxy) is 2. The summed E-state index contributed by atoms with van der Waals surface area (Å²) in [7, 11) is 1.86. The molecule has 0 spiro atoms. The summed E-state index contributed by atoms with van der Waals surface area (Å²) in [5.41, 5.74) is 3.88. The Bertz CT molecular complexity index is 801. The number of H-pyrrole nitrogens is 1. The van der Waals surface area contributed by atoms with Crippen LogP contribution in [0.2, 0.25) is 0 Å². The molecule has 28 heavy (non-hydrogen) atoms. The molecular weight excluding hydrogens is 467 g/mol. The molecular formula is C21H31IN4O2. The molecule has 3 heterocycles. The zero-order chi connectivity index (χ0) is 18.6. The van der Waals surface area contributed by atoms with Crippen molar-refractivity contribution in [3.8, 4) is 0 Å². The van der Waals surface area contributed by atoms with Crippen molar-refractivity contribution >= 4 is 40.8 Å². The van der Waals surface area contributed by atoms with Crippen LogP contribution in [0.3, 0.4) is 0 Å². The molecule has 2 fully saturated rings. The minimum atomic E-state index is 0. The lowest BCUT2D eigenvalue weighted by Gasteiger charge is -2.37. The molecule has 4 rings (SSSR count). The van der Waals surface area contributed by atoms with Gasteiger partial charge in [0.1, 0.15) is 6.10 Å². The number of nitrogens with zero attached hydrogens (tertiary/aromatic N) is 2. The molecule has 2 aliphatic heterocycles. The zero-order valence-electron chi connectivity index (χ0n) is 16.7. The molecule has 2 saturated heterocycles. The number of rotatable bonds is 4. The van der Waals surface area contributed by atoms with Gasteiger partial charge in [0.15, 0.2) is 5.96 Å². The molecule has 154 valence electrons. The molecule has 0 saturated carbocycles. The van der Waals surface area contributed by atoms with E-state index in [2.05, 4.69) is 51.5 Å². The number of aromatic nitrogens is 1. The zero-order valence-corrected chi connectivity index (χ0v) is 19.1. The summed E-state index contributed by atoms with van der Waals surface area (Å²) in [5.74, 6) is 0.956. The van der Waals surface area contributed by atoms with Gasteiger partial charge in [-0.05, 0) is 43.4 Å². The minimum Gasteiger partial charge on any atom is -0.375 e. The minimum absolute atomic E-state index is 0. The molecule has 2 unspecified atom stereocenters. The summed E-state index contributed by atoms with van der Waals surface area (Å²) in [6, 6.07) is 6.41. The number of fused-ring (bicyclic) bond motifs is 1. The monoisotopic (exact) mass is 498 g/mol. The highest BCUT2D eigenvalue weighted by Crippen LogP contribution is 2.23. The highest BCUT2D eigenvalue weighted by molar-refractivity contribution is 14.0. The lowest BCUT2D eigenvalue weighted by Crippen LogP contribution is -2.53. The Balaban J connectivity index is 0.00000225. The van der Waals surface area contributed by atoms with E-state index >= 15 is 0 Å². The van der Waals surface area contributed by atoms with Gasteiger partial charge in [-0.25, -0.2) is 0 Å². The predicted octanol–water partition coefficient (Wildman–Crippen LogP) is 3.09. The van der Waals surface area contributed by atoms with Crippen LogP contribution in [0, 0.1) is 6.92 Å². The van der Waals surface area contributed by atoms with Gasteiger partial charge in [-0.15, -0.1) is 24.0 Å². The number of benzene rings is 1. The maximum absolute atomic E-state index is 5.96. The van der Waals surface area contributed by atoms with Crippen LogP contribution in [-0.4, -0.2) is 67.9 Å². The fourth-order valence-electron chi connectivity index (χ4n) is 4.28. The molecule has 0 radical (unpaired) electrons. The van der Waals surface area contributed by atoms with Gasteiger partial charge in [0.25, 0.3) is 0 Å². The van der Waals surface area contributed by atoms with Crippen molar-refractivity contribution in [1.82, 2.24) is 15.2 Å². The Kier molecular flexibility index (Phi) is 7.59. The Morgan fingerprint density at radius 3 is 2.93 bits per heavy atom. The van der Waals surface area contributed by atoms with E-state index in [1.165, 1.54) is 22.0 Å². The largest absolute Gasteiger partial charge is 0.375 e. The van der Waals surface area contributed by atoms with Crippen molar-refractivity contribution in [3.63, 3.8) is 0 Å². The highest BCUT2D eigenvalue weighted by atomic mass is 127. The first-order valence-corrected chi connectivity index (χ1v) is 10.0. The van der Waals surface area contributed by atoms with Crippen molar-refractivity contribution in [2.24, 2.45) is 4.99 Å². The van der Waals surface area contributed by atoms with Gasteiger partial charge >= 0.3 is 0 Å².